The van der Waals surface area contributed by atoms with Crippen LogP contribution in [0.2, 0.25) is 0 Å². The highest BCUT2D eigenvalue weighted by atomic mass is 32.2. The molecule has 22 N–H and O–H groups in total. The Morgan fingerprint density at radius 2 is 1.01 bits per heavy atom. The van der Waals surface area contributed by atoms with E-state index in [4.69, 9.17) is 40.1 Å². The minimum absolute atomic E-state index is 0.0736. The maximum atomic E-state index is 14.7. The Bertz CT molecular complexity index is 2960. The number of primary amides is 3. The average Bonchev–Trinajstić information content (AvgIpc) is 1.74. The Kier molecular flexibility index (Phi) is 33.9. The fourth-order valence-corrected chi connectivity index (χ4v) is 11.5. The van der Waals surface area contributed by atoms with Gasteiger partial charge in [0.15, 0.2) is 5.96 Å². The Morgan fingerprint density at radius 3 is 1.51 bits per heavy atom. The number of thioether (sulfide) groups is 1. The fourth-order valence-electron chi connectivity index (χ4n) is 11.0. The van der Waals surface area contributed by atoms with Gasteiger partial charge < -0.3 is 92.5 Å². The second kappa shape index (κ2) is 41.0. The van der Waals surface area contributed by atoms with Gasteiger partial charge in [-0.1, -0.05) is 74.5 Å². The number of nitrogens with two attached hydrogens (primary N) is 7. The van der Waals surface area contributed by atoms with Crippen molar-refractivity contribution in [2.75, 3.05) is 44.7 Å². The van der Waals surface area contributed by atoms with Crippen molar-refractivity contribution in [3.8, 4) is 0 Å². The standard InChI is InChI=1S/C63H98N18O13S/c1-37(2)33-45(57(89)74-41(53(68)85)27-32-95-3)73-52(84)36-72-54(86)46(34-38-15-6-4-7-16-38)78-58(90)47(35-39-17-8-5-9-18-39)79-56(88)42(23-25-50(66)82)75-55(87)43(24-26-51(67)83)76-59(91)49-22-14-31-81(49)62(94)44(20-10-11-28-64)77-60(92)48-21-13-30-80(48)61(93)40(65)19-12-29-71-63(69)70/h4-9,15-18,37,40-49H,10-14,19-36,64-65H2,1-3H3,(H2,66,82)(H2,67,83)(H2,68,85)(H,72,86)(H,73,84)(H,74,89)(H,75,87)(H,76,91)(H,77,92)(H,78,90)(H,79,88)(H4,69,70,71)/t40-,41+,42+,43-,44-,45-,46-,47+,48-,49-/m1/s1. The third kappa shape index (κ3) is 27.5. The molecule has 2 aliphatic rings. The topological polar surface area (TPSA) is 519 Å². The number of guanidine groups is 1. The molecule has 31 nitrogen and oxygen atoms in total. The number of carbonyl (C=O) groups is 13. The SMILES string of the molecule is CSCC[C@H](NC(=O)[C@@H](CC(C)C)NC(=O)CNC(=O)[C@@H](Cc1ccccc1)NC(=O)[C@H](Cc1ccccc1)NC(=O)[C@H](CCC(N)=O)NC(=O)[C@@H](CCC(N)=O)NC(=O)[C@H]1CCCN1C(=O)[C@@H](CCCCN)NC(=O)[C@H]1CCCN1C(=O)[C@H](N)CCCN=C(N)N)C(N)=O. The maximum absolute atomic E-state index is 14.7. The number of nitrogens with one attached hydrogen (secondary N) is 8. The van der Waals surface area contributed by atoms with E-state index in [1.54, 1.807) is 60.7 Å². The van der Waals surface area contributed by atoms with Crippen LogP contribution in [-0.2, 0) is 75.2 Å². The first-order valence-corrected chi connectivity index (χ1v) is 33.6. The highest BCUT2D eigenvalue weighted by Gasteiger charge is 2.42. The van der Waals surface area contributed by atoms with Gasteiger partial charge in [-0.3, -0.25) is 67.3 Å². The summed E-state index contributed by atoms with van der Waals surface area (Å²) in [7, 11) is 0. The minimum atomic E-state index is -1.64. The smallest absolute Gasteiger partial charge is 0.245 e. The molecule has 524 valence electrons. The van der Waals surface area contributed by atoms with Gasteiger partial charge >= 0.3 is 0 Å². The highest BCUT2D eigenvalue weighted by molar-refractivity contribution is 7.98. The lowest BCUT2D eigenvalue weighted by molar-refractivity contribution is -0.144. The van der Waals surface area contributed by atoms with Crippen molar-refractivity contribution in [1.29, 1.82) is 0 Å². The summed E-state index contributed by atoms with van der Waals surface area (Å²) in [5, 5.41) is 21.1. The van der Waals surface area contributed by atoms with Crippen molar-refractivity contribution in [3.05, 3.63) is 71.8 Å². The van der Waals surface area contributed by atoms with Crippen molar-refractivity contribution in [1.82, 2.24) is 52.3 Å². The molecule has 0 saturated carbocycles. The molecule has 2 aromatic carbocycles. The average molecular weight is 1350 g/mol. The van der Waals surface area contributed by atoms with E-state index in [0.717, 1.165) is 0 Å². The van der Waals surface area contributed by atoms with Gasteiger partial charge in [0.2, 0.25) is 76.8 Å². The number of rotatable bonds is 42. The van der Waals surface area contributed by atoms with Gasteiger partial charge in [-0.25, -0.2) is 0 Å². The summed E-state index contributed by atoms with van der Waals surface area (Å²) in [5.74, 6) is -9.80. The van der Waals surface area contributed by atoms with E-state index in [1.807, 2.05) is 20.1 Å². The number of nitrogens with zero attached hydrogens (tertiary/aromatic N) is 3. The van der Waals surface area contributed by atoms with Crippen LogP contribution in [-0.4, -0.2) is 198 Å². The van der Waals surface area contributed by atoms with Crippen molar-refractivity contribution in [2.45, 2.75) is 183 Å². The molecule has 0 unspecified atom stereocenters. The van der Waals surface area contributed by atoms with Gasteiger partial charge in [0, 0.05) is 45.3 Å². The van der Waals surface area contributed by atoms with Gasteiger partial charge in [0.1, 0.15) is 54.4 Å². The first kappa shape index (κ1) is 78.5. The molecule has 0 radical (unpaired) electrons. The number of aliphatic imine (C=N–C) groups is 1. The van der Waals surface area contributed by atoms with Crippen LogP contribution in [0.3, 0.4) is 0 Å². The summed E-state index contributed by atoms with van der Waals surface area (Å²) in [5.41, 5.74) is 40.6. The van der Waals surface area contributed by atoms with E-state index in [0.29, 0.717) is 55.4 Å². The first-order valence-electron chi connectivity index (χ1n) is 32.2. The summed E-state index contributed by atoms with van der Waals surface area (Å²) < 4.78 is 0. The van der Waals surface area contributed by atoms with Crippen molar-refractivity contribution >= 4 is 94.5 Å². The van der Waals surface area contributed by atoms with Crippen LogP contribution in [0.1, 0.15) is 121 Å². The molecule has 2 aromatic rings. The molecule has 2 fully saturated rings. The maximum Gasteiger partial charge on any atom is 0.245 e. The largest absolute Gasteiger partial charge is 0.370 e. The van der Waals surface area contributed by atoms with E-state index >= 15 is 0 Å². The van der Waals surface area contributed by atoms with E-state index in [1.165, 1.54) is 21.6 Å². The quantitative estimate of drug-likeness (QED) is 0.0173. The molecule has 4 rings (SSSR count). The van der Waals surface area contributed by atoms with Crippen LogP contribution < -0.4 is 82.7 Å². The summed E-state index contributed by atoms with van der Waals surface area (Å²) in [4.78, 5) is 185. The molecule has 0 aromatic heterocycles. The van der Waals surface area contributed by atoms with Gasteiger partial charge in [0.05, 0.1) is 12.6 Å². The van der Waals surface area contributed by atoms with Crippen molar-refractivity contribution in [2.24, 2.45) is 51.0 Å². The van der Waals surface area contributed by atoms with E-state index in [9.17, 15) is 62.3 Å². The predicted molar refractivity (Wildman–Crippen MR) is 356 cm³/mol. The first-order chi connectivity index (χ1) is 45.2. The lowest BCUT2D eigenvalue weighted by atomic mass is 10.0. The Hall–Kier alpha value is -8.91. The number of likely N-dealkylation sites (tertiary alicyclic amines) is 2. The monoisotopic (exact) mass is 1350 g/mol. The third-order valence-corrected chi connectivity index (χ3v) is 16.7. The molecule has 2 aliphatic heterocycles. The number of hydrogen-bond acceptors (Lipinski definition) is 17. The van der Waals surface area contributed by atoms with Crippen molar-refractivity contribution in [3.63, 3.8) is 0 Å². The Balaban J connectivity index is 1.56. The van der Waals surface area contributed by atoms with Gasteiger partial charge in [-0.2, -0.15) is 11.8 Å². The third-order valence-electron chi connectivity index (χ3n) is 16.0. The number of hydrogen-bond donors (Lipinski definition) is 15. The summed E-state index contributed by atoms with van der Waals surface area (Å²) in [6.45, 7) is 3.86. The highest BCUT2D eigenvalue weighted by Crippen LogP contribution is 2.24. The molecule has 32 heteroatoms. The minimum Gasteiger partial charge on any atom is -0.370 e. The number of carbonyl (C=O) groups excluding carboxylic acids is 13. The van der Waals surface area contributed by atoms with Gasteiger partial charge in [-0.15, -0.1) is 0 Å². The number of amides is 13. The molecule has 0 spiro atoms. The fraction of sp³-hybridized carbons (Fsp3) is 0.587. The van der Waals surface area contributed by atoms with Crippen LogP contribution in [0, 0.1) is 5.92 Å². The summed E-state index contributed by atoms with van der Waals surface area (Å²) in [6, 6.07) is 4.51. The molecular weight excluding hydrogens is 1250 g/mol. The predicted octanol–water partition coefficient (Wildman–Crippen LogP) is -3.71. The van der Waals surface area contributed by atoms with Crippen LogP contribution in [0.5, 0.6) is 0 Å². The van der Waals surface area contributed by atoms with Gasteiger partial charge in [0.25, 0.3) is 0 Å². The molecule has 0 bridgehead atoms. The molecule has 13 amide bonds. The second-order valence-corrected chi connectivity index (χ2v) is 25.1. The van der Waals surface area contributed by atoms with Crippen LogP contribution in [0.4, 0.5) is 0 Å². The van der Waals surface area contributed by atoms with E-state index < -0.39 is 169 Å². The second-order valence-electron chi connectivity index (χ2n) is 24.1. The van der Waals surface area contributed by atoms with Crippen LogP contribution >= 0.6 is 11.8 Å². The van der Waals surface area contributed by atoms with E-state index in [2.05, 4.69) is 47.5 Å². The zero-order valence-electron chi connectivity index (χ0n) is 54.5. The normalized spacial score (nSPS) is 16.8. The van der Waals surface area contributed by atoms with Crippen molar-refractivity contribution < 1.29 is 62.3 Å². The molecule has 10 atom stereocenters. The zero-order chi connectivity index (χ0) is 70.1. The molecule has 95 heavy (non-hydrogen) atoms. The Labute approximate surface area is 558 Å². The van der Waals surface area contributed by atoms with Crippen LogP contribution in [0.15, 0.2) is 65.7 Å². The molecule has 2 saturated heterocycles. The summed E-state index contributed by atoms with van der Waals surface area (Å²) in [6.07, 6.45) is 3.12. The lowest BCUT2D eigenvalue weighted by Gasteiger charge is -2.32. The van der Waals surface area contributed by atoms with Crippen LogP contribution in [0.25, 0.3) is 0 Å². The Morgan fingerprint density at radius 1 is 0.537 bits per heavy atom. The summed E-state index contributed by atoms with van der Waals surface area (Å²) >= 11 is 1.45. The molecule has 2 heterocycles. The van der Waals surface area contributed by atoms with E-state index in [-0.39, 0.29) is 83.0 Å². The van der Waals surface area contributed by atoms with Gasteiger partial charge in [-0.05, 0) is 119 Å². The number of benzene rings is 2. The molecular formula is C63H98N18O13S. The molecule has 0 aliphatic carbocycles. The lowest BCUT2D eigenvalue weighted by Crippen LogP contribution is -2.60. The zero-order valence-corrected chi connectivity index (χ0v) is 55.3. The number of unbranched alkanes of at least 4 members (excludes halogenated alkanes) is 1.